The lowest BCUT2D eigenvalue weighted by Crippen LogP contribution is -2.49. The number of rotatable bonds is 31. The molecule has 5 aliphatic rings. The van der Waals surface area contributed by atoms with Crippen LogP contribution in [-0.2, 0) is 49.5 Å². The number of fused-ring (bicyclic) bond motifs is 6. The fourth-order valence-electron chi connectivity index (χ4n) is 15.3. The summed E-state index contributed by atoms with van der Waals surface area (Å²) in [5.41, 5.74) is 9.59. The van der Waals surface area contributed by atoms with Crippen molar-refractivity contribution in [1.29, 1.82) is 0 Å². The average molecular weight is 1430 g/mol. The van der Waals surface area contributed by atoms with Gasteiger partial charge in [-0.25, -0.2) is 14.2 Å². The number of nitrogens with one attached hydrogen (secondary N) is 6. The number of carbonyl (C=O) groups is 9. The quantitative estimate of drug-likeness (QED) is 0.00865. The van der Waals surface area contributed by atoms with E-state index in [1.165, 1.54) is 24.8 Å². The third-order valence-corrected chi connectivity index (χ3v) is 22.0. The van der Waals surface area contributed by atoms with E-state index in [2.05, 4.69) is 31.2 Å². The van der Waals surface area contributed by atoms with Crippen molar-refractivity contribution in [2.45, 2.75) is 130 Å². The summed E-state index contributed by atoms with van der Waals surface area (Å²) < 4.78 is 29.4. The molecule has 8 amide bonds. The minimum absolute atomic E-state index is 0.0124. The SMILES string of the molecule is CC(=O)C[C@@H](CCCCNC(C)=O)C(=O)N[C@H](C(=O)C[C@@H](CCCNC(N)=O)C(=O)Nc1ccc(COC(=S)N(C)CCN(C)C(=O)Oc2cc3c(c4c(C)c[nH]c24)[C@H](CCl)CN3C(=O)C23CC4(C(=O)N5C[C@@H](CCl)c6c5cc(OP(=O)(O)O)c5[nH]cc(C)c65)CC24C3)cc1)C(C)C. The first kappa shape index (κ1) is 72.9. The molecule has 3 aromatic carbocycles. The Hall–Kier alpha value is -7.81. The number of H-pyrrole nitrogens is 2. The molecule has 26 nitrogen and oxygen atoms in total. The fraction of sp³-hybridized carbons (Fsp3) is 0.529. The predicted octanol–water partition coefficient (Wildman–Crippen LogP) is 8.82. The fourth-order valence-corrected chi connectivity index (χ4v) is 16.3. The van der Waals surface area contributed by atoms with Gasteiger partial charge in [-0.1, -0.05) is 32.4 Å². The molecule has 4 heterocycles. The van der Waals surface area contributed by atoms with Crippen LogP contribution in [0.3, 0.4) is 0 Å². The molecule has 5 aromatic rings. The molecule has 528 valence electrons. The third kappa shape index (κ3) is 14.6. The lowest BCUT2D eigenvalue weighted by molar-refractivity contribution is -0.134. The molecule has 98 heavy (non-hydrogen) atoms. The number of phosphoric acid groups is 1. The first-order valence-electron chi connectivity index (χ1n) is 33.0. The van der Waals surface area contributed by atoms with Crippen LogP contribution >= 0.6 is 43.2 Å². The number of benzene rings is 3. The number of phosphoric ester groups is 1. The summed E-state index contributed by atoms with van der Waals surface area (Å²) in [4.78, 5) is 153. The average Bonchev–Trinajstić information content (AvgIpc) is 1.40. The highest BCUT2D eigenvalue weighted by molar-refractivity contribution is 7.80. The number of nitrogens with zero attached hydrogens (tertiary/aromatic N) is 4. The van der Waals surface area contributed by atoms with Gasteiger partial charge >= 0.3 is 19.9 Å². The van der Waals surface area contributed by atoms with E-state index in [0.717, 1.165) is 27.6 Å². The first-order chi connectivity index (χ1) is 46.4. The molecule has 3 unspecified atom stereocenters. The maximum absolute atomic E-state index is 15.2. The number of ether oxygens (including phenoxy) is 2. The molecular formula is C68H86Cl2N11O15PS. The summed E-state index contributed by atoms with van der Waals surface area (Å²) in [5, 5.41) is 12.6. The van der Waals surface area contributed by atoms with E-state index < -0.39 is 65.9 Å². The zero-order valence-corrected chi connectivity index (χ0v) is 59.4. The van der Waals surface area contributed by atoms with Crippen molar-refractivity contribution in [2.75, 3.05) is 80.2 Å². The molecule has 3 aliphatic carbocycles. The number of unbranched alkanes of at least 4 members (excludes halogenated alkanes) is 1. The highest BCUT2D eigenvalue weighted by atomic mass is 35.5. The molecule has 10 N–H and O–H groups in total. The molecule has 0 saturated heterocycles. The van der Waals surface area contributed by atoms with Gasteiger partial charge in [-0.3, -0.25) is 38.6 Å². The number of thiocarbonyl (C=S) groups is 1. The van der Waals surface area contributed by atoms with Gasteiger partial charge in [-0.15, -0.1) is 23.2 Å². The van der Waals surface area contributed by atoms with Crippen LogP contribution in [0.5, 0.6) is 11.5 Å². The van der Waals surface area contributed by atoms with Crippen LogP contribution in [0, 0.1) is 47.8 Å². The Morgan fingerprint density at radius 1 is 0.755 bits per heavy atom. The minimum Gasteiger partial charge on any atom is -0.466 e. The molecule has 8 atom stereocenters. The Labute approximate surface area is 583 Å². The molecule has 1 spiro atoms. The Bertz CT molecular complexity index is 4070. The van der Waals surface area contributed by atoms with Crippen molar-refractivity contribution in [2.24, 2.45) is 39.7 Å². The summed E-state index contributed by atoms with van der Waals surface area (Å²) in [6, 6.07) is 8.36. The number of likely N-dealkylation sites (N-methyl/N-ethyl adjacent to an activating group) is 2. The van der Waals surface area contributed by atoms with Crippen molar-refractivity contribution in [1.82, 2.24) is 35.7 Å². The zero-order chi connectivity index (χ0) is 71.1. The second-order valence-electron chi connectivity index (χ2n) is 27.5. The van der Waals surface area contributed by atoms with E-state index in [9.17, 15) is 52.7 Å². The third-order valence-electron chi connectivity index (χ3n) is 20.4. The van der Waals surface area contributed by atoms with Crippen LogP contribution in [0.15, 0.2) is 48.8 Å². The van der Waals surface area contributed by atoms with Crippen molar-refractivity contribution >= 4 is 141 Å². The summed E-state index contributed by atoms with van der Waals surface area (Å²) in [6.45, 7) is 11.8. The summed E-state index contributed by atoms with van der Waals surface area (Å²) in [6.07, 6.45) is 6.04. The Morgan fingerprint density at radius 2 is 1.30 bits per heavy atom. The van der Waals surface area contributed by atoms with Crippen molar-refractivity contribution in [3.8, 4) is 11.5 Å². The van der Waals surface area contributed by atoms with Crippen LogP contribution in [0.2, 0.25) is 0 Å². The minimum atomic E-state index is -4.99. The second kappa shape index (κ2) is 29.2. The topological polar surface area (TPSA) is 358 Å². The maximum atomic E-state index is 15.2. The maximum Gasteiger partial charge on any atom is 0.524 e. The van der Waals surface area contributed by atoms with E-state index >= 15 is 4.79 Å². The number of urea groups is 1. The molecule has 3 saturated carbocycles. The Kier molecular flexibility index (Phi) is 21.7. The lowest BCUT2D eigenvalue weighted by atomic mass is 9.72. The summed E-state index contributed by atoms with van der Waals surface area (Å²) in [5.74, 6) is -3.79. The van der Waals surface area contributed by atoms with Crippen LogP contribution in [0.4, 0.5) is 26.7 Å². The number of hydrogen-bond acceptors (Lipinski definition) is 14. The standard InChI is InChI=1S/C68H86Cl2N11O15PS/c1-36(2)56(77-60(86)42(22-39(5)82)12-9-10-18-72-40(6)83)49(84)23-43(13-11-19-73-63(71)89)59(85)76-46-16-14-41(15-17-46)32-94-65(98)79(8)21-20-78(7)64(90)95-50-24-47-54(52-37(3)28-74-57(50)52)44(26-69)30-80(47)61(87)66-33-67(35-68(66,67)34-66)62(88)81-31-45(27-70)55-48(81)25-51(96-97(91,92)93)58-53(55)38(4)29-75-58/h14-17,24-25,28-29,36,42-45,56,74-75H,9-13,18-23,26-27,30-35H2,1-8H3,(H,72,83)(H,76,85)(H,77,86)(H3,71,73,89)(H2,91,92,93)/t42-,43-,44-,45-,56+,66?,67?,68?/m1/s1. The van der Waals surface area contributed by atoms with Gasteiger partial charge in [0, 0.05) is 155 Å². The number of nitrogens with two attached hydrogens (primary N) is 1. The van der Waals surface area contributed by atoms with Crippen molar-refractivity contribution in [3.63, 3.8) is 0 Å². The van der Waals surface area contributed by atoms with Gasteiger partial charge in [0.05, 0.1) is 39.3 Å². The van der Waals surface area contributed by atoms with Gasteiger partial charge in [-0.05, 0) is 124 Å². The predicted molar refractivity (Wildman–Crippen MR) is 373 cm³/mol. The molecule has 3 fully saturated rings. The molecule has 30 heteroatoms. The van der Waals surface area contributed by atoms with Crippen LogP contribution in [-0.4, -0.2) is 159 Å². The number of aryl methyl sites for hydroxylation is 2. The van der Waals surface area contributed by atoms with Crippen LogP contribution < -0.4 is 46.1 Å². The number of aromatic amines is 2. The lowest BCUT2D eigenvalue weighted by Gasteiger charge is -2.37. The van der Waals surface area contributed by atoms with Crippen LogP contribution in [0.1, 0.15) is 132 Å². The van der Waals surface area contributed by atoms with Gasteiger partial charge in [-0.2, -0.15) is 0 Å². The number of ketones is 2. The smallest absolute Gasteiger partial charge is 0.466 e. The monoisotopic (exact) mass is 1430 g/mol. The van der Waals surface area contributed by atoms with E-state index in [0.29, 0.717) is 90.5 Å². The number of anilines is 3. The number of Topliss-reactive ketones (excluding diaryl/α,β-unsaturated/α-hetero) is 2. The first-order valence-corrected chi connectivity index (χ1v) is 36.0. The van der Waals surface area contributed by atoms with E-state index in [1.54, 1.807) is 79.2 Å². The second-order valence-corrected chi connectivity index (χ2v) is 29.6. The van der Waals surface area contributed by atoms with Crippen molar-refractivity contribution < 1.29 is 71.5 Å². The van der Waals surface area contributed by atoms with Gasteiger partial charge in [0.2, 0.25) is 29.5 Å². The number of hydrogen-bond donors (Lipinski definition) is 9. The number of primary amides is 1. The molecule has 2 aromatic heterocycles. The largest absolute Gasteiger partial charge is 0.524 e. The molecule has 0 radical (unpaired) electrons. The van der Waals surface area contributed by atoms with E-state index in [-0.39, 0.29) is 134 Å². The summed E-state index contributed by atoms with van der Waals surface area (Å²) in [7, 11) is -1.68. The Morgan fingerprint density at radius 3 is 1.83 bits per heavy atom. The number of amides is 8. The number of carbonyl (C=O) groups excluding carboxylic acids is 9. The zero-order valence-electron chi connectivity index (χ0n) is 56.2. The van der Waals surface area contributed by atoms with Crippen molar-refractivity contribution in [3.05, 3.63) is 76.6 Å². The number of aromatic nitrogens is 2. The molecule has 10 rings (SSSR count). The summed E-state index contributed by atoms with van der Waals surface area (Å²) >= 11 is 18.9. The number of alkyl halides is 2. The molecule has 0 bridgehead atoms. The molecular weight excluding hydrogens is 1340 g/mol. The highest BCUT2D eigenvalue weighted by Crippen LogP contribution is 3.01. The highest BCUT2D eigenvalue weighted by Gasteiger charge is 3.01. The number of halogens is 2. The molecule has 2 aliphatic heterocycles. The Balaban J connectivity index is 0.732. The van der Waals surface area contributed by atoms with Crippen LogP contribution in [0.25, 0.3) is 21.8 Å². The van der Waals surface area contributed by atoms with Gasteiger partial charge in [0.1, 0.15) is 12.4 Å². The normalized spacial score (nSPS) is 20.9. The van der Waals surface area contributed by atoms with Gasteiger partial charge in [0.25, 0.3) is 5.17 Å². The van der Waals surface area contributed by atoms with E-state index in [1.807, 2.05) is 20.0 Å². The van der Waals surface area contributed by atoms with Gasteiger partial charge < -0.3 is 75.4 Å². The van der Waals surface area contributed by atoms with Gasteiger partial charge in [0.15, 0.2) is 17.3 Å². The van der Waals surface area contributed by atoms with E-state index in [4.69, 9.17) is 55.2 Å².